The molecule has 0 aliphatic rings. The van der Waals surface area contributed by atoms with Crippen molar-refractivity contribution in [2.75, 3.05) is 27.7 Å². The number of carbonyl (C=O) groups excluding carboxylic acids is 3. The molecular weight excluding hydrogens is 360 g/mol. The molecule has 150 valence electrons. The van der Waals surface area contributed by atoms with Gasteiger partial charge in [0.15, 0.2) is 0 Å². The molecule has 0 spiro atoms. The van der Waals surface area contributed by atoms with Gasteiger partial charge in [-0.2, -0.15) is 5.10 Å². The lowest BCUT2D eigenvalue weighted by atomic mass is 10.1. The number of hydrogen-bond donors (Lipinski definition) is 1. The van der Waals surface area contributed by atoms with Crippen LogP contribution in [0.4, 0.5) is 0 Å². The minimum atomic E-state index is -0.311. The van der Waals surface area contributed by atoms with Crippen LogP contribution in [0.25, 0.3) is 5.69 Å². The Hall–Kier alpha value is -3.16. The number of amides is 2. The molecule has 0 bridgehead atoms. The molecular formula is C20H26N4O4. The minimum Gasteiger partial charge on any atom is -0.469 e. The molecule has 0 radical (unpaired) electrons. The number of aromatic nitrogens is 2. The summed E-state index contributed by atoms with van der Waals surface area (Å²) in [4.78, 5) is 36.6. The Balaban J connectivity index is 2.12. The lowest BCUT2D eigenvalue weighted by molar-refractivity contribution is -0.140. The summed E-state index contributed by atoms with van der Waals surface area (Å²) in [5.41, 5.74) is 4.07. The maximum atomic E-state index is 12.2. The predicted octanol–water partition coefficient (Wildman–Crippen LogP) is 1.41. The summed E-state index contributed by atoms with van der Waals surface area (Å²) in [7, 11) is 4.65. The first-order valence-corrected chi connectivity index (χ1v) is 8.95. The van der Waals surface area contributed by atoms with Gasteiger partial charge in [0.1, 0.15) is 0 Å². The van der Waals surface area contributed by atoms with Gasteiger partial charge in [-0.25, -0.2) is 4.68 Å². The number of rotatable bonds is 7. The van der Waals surface area contributed by atoms with E-state index >= 15 is 0 Å². The van der Waals surface area contributed by atoms with Crippen LogP contribution in [0.5, 0.6) is 0 Å². The van der Waals surface area contributed by atoms with E-state index in [1.54, 1.807) is 43.0 Å². The fourth-order valence-electron chi connectivity index (χ4n) is 2.79. The Morgan fingerprint density at radius 1 is 1.14 bits per heavy atom. The van der Waals surface area contributed by atoms with Crippen molar-refractivity contribution >= 4 is 17.8 Å². The molecule has 0 atom stereocenters. The fourth-order valence-corrected chi connectivity index (χ4v) is 2.79. The number of likely N-dealkylation sites (N-methyl/N-ethyl adjacent to an activating group) is 1. The van der Waals surface area contributed by atoms with Crippen LogP contribution in [0.2, 0.25) is 0 Å². The number of esters is 1. The number of ether oxygens (including phenoxy) is 1. The third-order valence-corrected chi connectivity index (χ3v) is 4.52. The first kappa shape index (κ1) is 21.1. The number of nitrogens with one attached hydrogen (secondary N) is 1. The summed E-state index contributed by atoms with van der Waals surface area (Å²) in [6, 6.07) is 6.98. The van der Waals surface area contributed by atoms with Crippen LogP contribution < -0.4 is 5.32 Å². The summed E-state index contributed by atoms with van der Waals surface area (Å²) in [6.07, 6.45) is 0.861. The van der Waals surface area contributed by atoms with Gasteiger partial charge in [0, 0.05) is 31.8 Å². The van der Waals surface area contributed by atoms with E-state index in [2.05, 4.69) is 10.4 Å². The number of carbonyl (C=O) groups is 3. The van der Waals surface area contributed by atoms with Gasteiger partial charge in [-0.3, -0.25) is 14.4 Å². The second-order valence-electron chi connectivity index (χ2n) is 6.66. The number of aryl methyl sites for hydroxylation is 1. The summed E-state index contributed by atoms with van der Waals surface area (Å²) in [6.45, 7) is 3.80. The largest absolute Gasteiger partial charge is 0.469 e. The Labute approximate surface area is 164 Å². The molecule has 0 saturated heterocycles. The molecule has 8 nitrogen and oxygen atoms in total. The number of nitrogens with zero attached hydrogens (tertiary/aromatic N) is 3. The molecule has 0 saturated carbocycles. The molecule has 2 amide bonds. The number of benzene rings is 1. The highest BCUT2D eigenvalue weighted by Gasteiger charge is 2.15. The molecule has 28 heavy (non-hydrogen) atoms. The van der Waals surface area contributed by atoms with E-state index < -0.39 is 0 Å². The highest BCUT2D eigenvalue weighted by atomic mass is 16.5. The molecule has 8 heteroatoms. The van der Waals surface area contributed by atoms with E-state index in [0.717, 1.165) is 22.6 Å². The number of methoxy groups -OCH3 is 1. The van der Waals surface area contributed by atoms with Crippen molar-refractivity contribution in [3.8, 4) is 5.69 Å². The third-order valence-electron chi connectivity index (χ3n) is 4.52. The van der Waals surface area contributed by atoms with Crippen LogP contribution in [-0.4, -0.2) is 60.2 Å². The van der Waals surface area contributed by atoms with Gasteiger partial charge < -0.3 is 15.0 Å². The van der Waals surface area contributed by atoms with Crippen LogP contribution in [0.3, 0.4) is 0 Å². The molecule has 0 fully saturated rings. The van der Waals surface area contributed by atoms with E-state index in [0.29, 0.717) is 18.4 Å². The van der Waals surface area contributed by atoms with E-state index in [1.807, 2.05) is 13.8 Å². The highest BCUT2D eigenvalue weighted by Crippen LogP contribution is 2.20. The van der Waals surface area contributed by atoms with Crippen LogP contribution in [0.15, 0.2) is 24.3 Å². The molecule has 1 aromatic carbocycles. The van der Waals surface area contributed by atoms with Crippen LogP contribution >= 0.6 is 0 Å². The second-order valence-corrected chi connectivity index (χ2v) is 6.66. The SMILES string of the molecule is COC(=O)CCc1c(C)nn(-c2ccc(C(=O)NCC(=O)N(C)C)cc2)c1C. The van der Waals surface area contributed by atoms with Crippen molar-refractivity contribution in [2.24, 2.45) is 0 Å². The lowest BCUT2D eigenvalue weighted by Crippen LogP contribution is -2.36. The molecule has 2 aromatic rings. The maximum absolute atomic E-state index is 12.2. The van der Waals surface area contributed by atoms with Gasteiger partial charge in [-0.15, -0.1) is 0 Å². The van der Waals surface area contributed by atoms with Gasteiger partial charge >= 0.3 is 5.97 Å². The topological polar surface area (TPSA) is 93.5 Å². The zero-order valence-electron chi connectivity index (χ0n) is 16.9. The summed E-state index contributed by atoms with van der Waals surface area (Å²) >= 11 is 0. The van der Waals surface area contributed by atoms with E-state index in [-0.39, 0.29) is 24.3 Å². The molecule has 0 unspecified atom stereocenters. The van der Waals surface area contributed by atoms with Crippen molar-refractivity contribution in [2.45, 2.75) is 26.7 Å². The van der Waals surface area contributed by atoms with E-state index in [1.165, 1.54) is 12.0 Å². The highest BCUT2D eigenvalue weighted by molar-refractivity contribution is 5.96. The monoisotopic (exact) mass is 386 g/mol. The molecule has 1 heterocycles. The van der Waals surface area contributed by atoms with Gasteiger partial charge in [0.2, 0.25) is 5.91 Å². The first-order chi connectivity index (χ1) is 13.2. The van der Waals surface area contributed by atoms with Gasteiger partial charge in [0.25, 0.3) is 5.91 Å². The average molecular weight is 386 g/mol. The normalized spacial score (nSPS) is 10.5. The molecule has 1 N–H and O–H groups in total. The van der Waals surface area contributed by atoms with Crippen molar-refractivity contribution in [3.05, 3.63) is 46.8 Å². The first-order valence-electron chi connectivity index (χ1n) is 8.95. The maximum Gasteiger partial charge on any atom is 0.305 e. The Morgan fingerprint density at radius 3 is 2.36 bits per heavy atom. The molecule has 2 rings (SSSR count). The van der Waals surface area contributed by atoms with E-state index in [9.17, 15) is 14.4 Å². The Kier molecular flexibility index (Phi) is 6.92. The van der Waals surface area contributed by atoms with Crippen molar-refractivity contribution < 1.29 is 19.1 Å². The van der Waals surface area contributed by atoms with Crippen LogP contribution in [-0.2, 0) is 20.7 Å². The minimum absolute atomic E-state index is 0.0470. The standard InChI is InChI=1S/C20H26N4O4/c1-13-17(10-11-19(26)28-5)14(2)24(22-13)16-8-6-15(7-9-16)20(27)21-12-18(25)23(3)4/h6-9H,10-12H2,1-5H3,(H,21,27). The Morgan fingerprint density at radius 2 is 1.79 bits per heavy atom. The molecule has 0 aliphatic carbocycles. The predicted molar refractivity (Wildman–Crippen MR) is 104 cm³/mol. The molecule has 1 aromatic heterocycles. The smallest absolute Gasteiger partial charge is 0.305 e. The zero-order chi connectivity index (χ0) is 20.8. The van der Waals surface area contributed by atoms with Gasteiger partial charge in [-0.1, -0.05) is 0 Å². The summed E-state index contributed by atoms with van der Waals surface area (Å²) < 4.78 is 6.49. The fraction of sp³-hybridized carbons (Fsp3) is 0.400. The van der Waals surface area contributed by atoms with Gasteiger partial charge in [-0.05, 0) is 50.1 Å². The van der Waals surface area contributed by atoms with Crippen molar-refractivity contribution in [1.82, 2.24) is 20.0 Å². The van der Waals surface area contributed by atoms with Gasteiger partial charge in [0.05, 0.1) is 25.0 Å². The second kappa shape index (κ2) is 9.16. The van der Waals surface area contributed by atoms with Crippen molar-refractivity contribution in [3.63, 3.8) is 0 Å². The number of hydrogen-bond acceptors (Lipinski definition) is 5. The zero-order valence-corrected chi connectivity index (χ0v) is 16.9. The summed E-state index contributed by atoms with van der Waals surface area (Å²) in [5, 5.41) is 7.15. The van der Waals surface area contributed by atoms with Crippen LogP contribution in [0.1, 0.15) is 33.7 Å². The van der Waals surface area contributed by atoms with Crippen molar-refractivity contribution in [1.29, 1.82) is 0 Å². The Bertz CT molecular complexity index is 869. The third kappa shape index (κ3) is 4.97. The van der Waals surface area contributed by atoms with E-state index in [4.69, 9.17) is 4.74 Å². The average Bonchev–Trinajstić information content (AvgIpc) is 2.97. The lowest BCUT2D eigenvalue weighted by Gasteiger charge is -2.11. The summed E-state index contributed by atoms with van der Waals surface area (Å²) in [5.74, 6) is -0.740. The quantitative estimate of drug-likeness (QED) is 0.727. The van der Waals surface area contributed by atoms with Crippen LogP contribution in [0, 0.1) is 13.8 Å². The molecule has 0 aliphatic heterocycles.